The lowest BCUT2D eigenvalue weighted by atomic mass is 9.83. The van der Waals surface area contributed by atoms with Gasteiger partial charge in [0.1, 0.15) is 5.82 Å². The summed E-state index contributed by atoms with van der Waals surface area (Å²) in [6.45, 7) is 4.77. The van der Waals surface area contributed by atoms with Crippen molar-refractivity contribution < 1.29 is 27.4 Å². The summed E-state index contributed by atoms with van der Waals surface area (Å²) < 4.78 is 54.4. The van der Waals surface area contributed by atoms with Gasteiger partial charge in [0.25, 0.3) is 11.9 Å². The molecule has 1 aliphatic heterocycles. The van der Waals surface area contributed by atoms with Crippen molar-refractivity contribution >= 4 is 17.6 Å². The molecule has 0 bridgehead atoms. The number of amides is 1. The zero-order chi connectivity index (χ0) is 23.1. The maximum Gasteiger partial charge on any atom is 0.332 e. The summed E-state index contributed by atoms with van der Waals surface area (Å²) in [5.41, 5.74) is 2.89. The van der Waals surface area contributed by atoms with E-state index in [1.807, 2.05) is 0 Å². The van der Waals surface area contributed by atoms with Crippen molar-refractivity contribution in [1.29, 1.82) is 0 Å². The minimum Gasteiger partial charge on any atom is -0.477 e. The Morgan fingerprint density at radius 2 is 2.09 bits per heavy atom. The number of rotatable bonds is 6. The number of hydrogen-bond acceptors (Lipinski definition) is 6. The summed E-state index contributed by atoms with van der Waals surface area (Å²) in [5, 5.41) is 2.55. The minimum absolute atomic E-state index is 0.0864. The van der Waals surface area contributed by atoms with Crippen molar-refractivity contribution in [3.05, 3.63) is 65.8 Å². The quantitative estimate of drug-likeness (QED) is 0.700. The number of hydrogen-bond donors (Lipinski definition) is 2. The Labute approximate surface area is 182 Å². The highest BCUT2D eigenvalue weighted by molar-refractivity contribution is 6.04. The van der Waals surface area contributed by atoms with Crippen molar-refractivity contribution in [2.24, 2.45) is 16.6 Å². The minimum atomic E-state index is -3.75. The van der Waals surface area contributed by atoms with Crippen molar-refractivity contribution in [2.75, 3.05) is 11.9 Å². The number of nitrogens with two attached hydrogens (primary N) is 1. The van der Waals surface area contributed by atoms with Gasteiger partial charge in [0.05, 0.1) is 12.2 Å². The van der Waals surface area contributed by atoms with Gasteiger partial charge in [0, 0.05) is 23.5 Å². The van der Waals surface area contributed by atoms with Gasteiger partial charge in [-0.05, 0) is 49.9 Å². The molecule has 1 amide bonds. The highest BCUT2D eigenvalue weighted by Gasteiger charge is 2.59. The van der Waals surface area contributed by atoms with Crippen molar-refractivity contribution in [2.45, 2.75) is 31.2 Å². The number of halogens is 3. The van der Waals surface area contributed by atoms with E-state index >= 15 is 0 Å². The average Bonchev–Trinajstić information content (AvgIpc) is 3.57. The third kappa shape index (κ3) is 4.00. The summed E-state index contributed by atoms with van der Waals surface area (Å²) in [4.78, 5) is 20.3. The maximum atomic E-state index is 14.8. The molecule has 0 saturated heterocycles. The lowest BCUT2D eigenvalue weighted by Crippen LogP contribution is -2.49. The van der Waals surface area contributed by atoms with Gasteiger partial charge in [-0.1, -0.05) is 6.58 Å². The average molecular weight is 446 g/mol. The Bertz CT molecular complexity index is 1100. The van der Waals surface area contributed by atoms with Gasteiger partial charge < -0.3 is 20.5 Å². The van der Waals surface area contributed by atoms with Crippen LogP contribution >= 0.6 is 0 Å². The molecule has 0 spiro atoms. The van der Waals surface area contributed by atoms with Gasteiger partial charge in [0.2, 0.25) is 5.88 Å². The van der Waals surface area contributed by atoms with Gasteiger partial charge in [-0.2, -0.15) is 8.78 Å². The fourth-order valence-electron chi connectivity index (χ4n) is 3.27. The molecule has 168 valence electrons. The van der Waals surface area contributed by atoms with Crippen LogP contribution in [0, 0.1) is 11.7 Å². The second-order valence-electron chi connectivity index (χ2n) is 7.91. The molecule has 2 aliphatic rings. The fourth-order valence-corrected chi connectivity index (χ4v) is 3.27. The van der Waals surface area contributed by atoms with E-state index in [0.717, 1.165) is 31.9 Å². The van der Waals surface area contributed by atoms with Crippen LogP contribution < -0.4 is 15.8 Å². The van der Waals surface area contributed by atoms with Crippen LogP contribution in [0.25, 0.3) is 0 Å². The Balaban J connectivity index is 1.55. The molecule has 1 aromatic carbocycles. The number of nitrogens with one attached hydrogen (secondary N) is 1. The molecule has 2 aromatic rings. The first-order valence-corrected chi connectivity index (χ1v) is 9.91. The number of amidine groups is 1. The highest BCUT2D eigenvalue weighted by atomic mass is 19.3. The number of carbonyl (C=O) groups is 1. The van der Waals surface area contributed by atoms with Gasteiger partial charge >= 0.3 is 5.92 Å². The van der Waals surface area contributed by atoms with Crippen LogP contribution in [-0.4, -0.2) is 29.4 Å². The van der Waals surface area contributed by atoms with Gasteiger partial charge in [-0.3, -0.25) is 4.79 Å². The first-order chi connectivity index (χ1) is 15.1. The van der Waals surface area contributed by atoms with Crippen LogP contribution in [0.5, 0.6) is 5.88 Å². The van der Waals surface area contributed by atoms with Crippen LogP contribution in [0.15, 0.2) is 53.9 Å². The summed E-state index contributed by atoms with van der Waals surface area (Å²) in [7, 11) is 0. The second kappa shape index (κ2) is 7.85. The Morgan fingerprint density at radius 3 is 2.75 bits per heavy atom. The number of alkyl halides is 2. The molecule has 2 heterocycles. The molecule has 1 fully saturated rings. The number of anilines is 1. The summed E-state index contributed by atoms with van der Waals surface area (Å²) in [5.74, 6) is -5.23. The molecule has 1 atom stereocenters. The molecule has 4 rings (SSSR count). The van der Waals surface area contributed by atoms with Crippen LogP contribution in [0.3, 0.4) is 0 Å². The van der Waals surface area contributed by atoms with Gasteiger partial charge in [-0.15, -0.1) is 0 Å². The number of ether oxygens (including phenoxy) is 2. The number of carbonyl (C=O) groups excluding carboxylic acids is 1. The summed E-state index contributed by atoms with van der Waals surface area (Å²) in [6, 6.07) is 5.82. The molecule has 1 aliphatic carbocycles. The standard InChI is InChI=1S/C22H21F3N4O3/c1-12-22(24,25)21(2,29-20(26)32-12)16-9-15(6-7-17(16)23)28-19(30)14-5-8-18(27-10-14)31-11-13-3-4-13/h5-10,13H,1,3-4,11H2,2H3,(H2,26,29)(H,28,30)/t21-/m1/s1. The molecule has 0 radical (unpaired) electrons. The van der Waals surface area contributed by atoms with E-state index in [2.05, 4.69) is 26.6 Å². The Hall–Kier alpha value is -3.56. The van der Waals surface area contributed by atoms with Crippen molar-refractivity contribution in [1.82, 2.24) is 4.98 Å². The van der Waals surface area contributed by atoms with Crippen LogP contribution in [0.1, 0.15) is 35.7 Å². The normalized spacial score (nSPS) is 22.0. The lowest BCUT2D eigenvalue weighted by Gasteiger charge is -2.38. The number of nitrogens with zero attached hydrogens (tertiary/aromatic N) is 2. The molecule has 10 heteroatoms. The van der Waals surface area contributed by atoms with E-state index in [0.29, 0.717) is 18.4 Å². The molecule has 1 aromatic heterocycles. The van der Waals surface area contributed by atoms with Gasteiger partial charge in [-0.25, -0.2) is 14.4 Å². The van der Waals surface area contributed by atoms with E-state index in [1.54, 1.807) is 6.07 Å². The molecule has 0 unspecified atom stereocenters. The zero-order valence-electron chi connectivity index (χ0n) is 17.2. The predicted octanol–water partition coefficient (Wildman–Crippen LogP) is 3.97. The Morgan fingerprint density at radius 1 is 1.34 bits per heavy atom. The monoisotopic (exact) mass is 446 g/mol. The van der Waals surface area contributed by atoms with Gasteiger partial charge in [0.15, 0.2) is 11.3 Å². The third-order valence-electron chi connectivity index (χ3n) is 5.43. The van der Waals surface area contributed by atoms with Crippen LogP contribution in [0.2, 0.25) is 0 Å². The second-order valence-corrected chi connectivity index (χ2v) is 7.91. The number of benzene rings is 1. The Kier molecular flexibility index (Phi) is 5.31. The fraction of sp³-hybridized carbons (Fsp3) is 0.318. The number of aromatic nitrogens is 1. The van der Waals surface area contributed by atoms with E-state index < -0.39 is 40.5 Å². The summed E-state index contributed by atoms with van der Waals surface area (Å²) in [6.07, 6.45) is 3.62. The lowest BCUT2D eigenvalue weighted by molar-refractivity contribution is -0.0746. The number of pyridine rings is 1. The molecular weight excluding hydrogens is 425 g/mol. The topological polar surface area (TPSA) is 98.8 Å². The highest BCUT2D eigenvalue weighted by Crippen LogP contribution is 2.48. The van der Waals surface area contributed by atoms with Crippen molar-refractivity contribution in [3.8, 4) is 5.88 Å². The zero-order valence-corrected chi connectivity index (χ0v) is 17.2. The van der Waals surface area contributed by atoms with Crippen molar-refractivity contribution in [3.63, 3.8) is 0 Å². The molecule has 3 N–H and O–H groups in total. The SMILES string of the molecule is C=C1OC(N)=N[C@](C)(c2cc(NC(=O)c3ccc(OCC4CC4)nc3)ccc2F)C1(F)F. The van der Waals surface area contributed by atoms with E-state index in [4.69, 9.17) is 10.5 Å². The predicted molar refractivity (Wildman–Crippen MR) is 111 cm³/mol. The summed E-state index contributed by atoms with van der Waals surface area (Å²) >= 11 is 0. The van der Waals surface area contributed by atoms with Crippen LogP contribution in [0.4, 0.5) is 18.9 Å². The van der Waals surface area contributed by atoms with E-state index in [1.165, 1.54) is 18.3 Å². The first kappa shape index (κ1) is 21.7. The van der Waals surface area contributed by atoms with E-state index in [9.17, 15) is 18.0 Å². The van der Waals surface area contributed by atoms with E-state index in [-0.39, 0.29) is 11.3 Å². The van der Waals surface area contributed by atoms with Crippen LogP contribution in [-0.2, 0) is 10.3 Å². The molecule has 32 heavy (non-hydrogen) atoms. The molecular formula is C22H21F3N4O3. The maximum absolute atomic E-state index is 14.8. The number of aliphatic imine (C=N–C) groups is 1. The third-order valence-corrected chi connectivity index (χ3v) is 5.43. The largest absolute Gasteiger partial charge is 0.477 e. The molecule has 7 nitrogen and oxygen atoms in total. The first-order valence-electron chi connectivity index (χ1n) is 9.91. The molecule has 1 saturated carbocycles. The smallest absolute Gasteiger partial charge is 0.332 e.